The van der Waals surface area contributed by atoms with E-state index in [9.17, 15) is 31.2 Å². The number of nitrogens with one attached hydrogen (secondary N) is 1. The molecule has 2 atom stereocenters. The van der Waals surface area contributed by atoms with Crippen LogP contribution in [0.1, 0.15) is 45.6 Å². The number of amides is 2. The second-order valence-corrected chi connectivity index (χ2v) is 10.6. The van der Waals surface area contributed by atoms with Crippen molar-refractivity contribution in [3.8, 4) is 0 Å². The average molecular weight is 528 g/mol. The van der Waals surface area contributed by atoms with Gasteiger partial charge in [0.25, 0.3) is 0 Å². The van der Waals surface area contributed by atoms with Gasteiger partial charge in [0, 0.05) is 31.6 Å². The van der Waals surface area contributed by atoms with Crippen LogP contribution in [0.3, 0.4) is 0 Å². The molecule has 0 aliphatic rings. The average Bonchev–Trinajstić information content (AvgIpc) is 2.81. The quantitative estimate of drug-likeness (QED) is 0.452. The molecule has 1 N–H and O–H groups in total. The predicted molar refractivity (Wildman–Crippen MR) is 132 cm³/mol. The standard InChI is InChI=1S/C25H32F3N3O4S/c1-5-17(2)29-25(33)18(3)30(16-19-8-10-20(26)11-9-19)24(32)7-6-14-31(36(4,34)35)21-12-13-22(27)23(28)15-21/h8-13,15,17-18H,5-7,14,16H2,1-4H3,(H,29,33)/t17-,18-/m0/s1. The molecule has 0 aromatic heterocycles. The van der Waals surface area contributed by atoms with Gasteiger partial charge in [-0.15, -0.1) is 0 Å². The molecule has 0 saturated heterocycles. The van der Waals surface area contributed by atoms with E-state index in [1.807, 2.05) is 13.8 Å². The molecule has 0 bridgehead atoms. The number of hydrogen-bond donors (Lipinski definition) is 1. The Hall–Kier alpha value is -3.08. The van der Waals surface area contributed by atoms with Crippen molar-refractivity contribution in [1.29, 1.82) is 0 Å². The summed E-state index contributed by atoms with van der Waals surface area (Å²) in [4.78, 5) is 27.3. The van der Waals surface area contributed by atoms with Crippen LogP contribution in [0.25, 0.3) is 0 Å². The van der Waals surface area contributed by atoms with Gasteiger partial charge < -0.3 is 10.2 Å². The number of nitrogens with zero attached hydrogens (tertiary/aromatic N) is 2. The number of rotatable bonds is 12. The number of halogens is 3. The van der Waals surface area contributed by atoms with Crippen molar-refractivity contribution >= 4 is 27.5 Å². The van der Waals surface area contributed by atoms with Crippen LogP contribution in [0.15, 0.2) is 42.5 Å². The van der Waals surface area contributed by atoms with Gasteiger partial charge >= 0.3 is 0 Å². The predicted octanol–water partition coefficient (Wildman–Crippen LogP) is 3.98. The SMILES string of the molecule is CC[C@H](C)NC(=O)[C@H](C)N(Cc1ccc(F)cc1)C(=O)CCCN(c1ccc(F)c(F)c1)S(C)(=O)=O. The van der Waals surface area contributed by atoms with Crippen LogP contribution in [0, 0.1) is 17.5 Å². The normalized spacial score (nSPS) is 13.1. The Balaban J connectivity index is 2.18. The third kappa shape index (κ3) is 8.25. The van der Waals surface area contributed by atoms with Gasteiger partial charge in [-0.05, 0) is 56.5 Å². The minimum atomic E-state index is -3.84. The van der Waals surface area contributed by atoms with Crippen LogP contribution >= 0.6 is 0 Å². The Bertz CT molecular complexity index is 1160. The second-order valence-electron chi connectivity index (χ2n) is 8.68. The van der Waals surface area contributed by atoms with E-state index in [0.717, 1.165) is 28.8 Å². The molecule has 2 amide bonds. The third-order valence-electron chi connectivity index (χ3n) is 5.78. The van der Waals surface area contributed by atoms with Crippen LogP contribution in [-0.2, 0) is 26.2 Å². The van der Waals surface area contributed by atoms with E-state index in [-0.39, 0.29) is 43.6 Å². The number of carbonyl (C=O) groups is 2. The zero-order valence-corrected chi connectivity index (χ0v) is 21.6. The topological polar surface area (TPSA) is 86.8 Å². The van der Waals surface area contributed by atoms with Crippen LogP contribution in [0.4, 0.5) is 18.9 Å². The zero-order chi connectivity index (χ0) is 27.0. The molecule has 2 aromatic carbocycles. The van der Waals surface area contributed by atoms with E-state index < -0.39 is 39.4 Å². The minimum Gasteiger partial charge on any atom is -0.352 e. The first-order chi connectivity index (χ1) is 16.8. The summed E-state index contributed by atoms with van der Waals surface area (Å²) >= 11 is 0. The maximum Gasteiger partial charge on any atom is 0.242 e. The molecular formula is C25H32F3N3O4S. The van der Waals surface area contributed by atoms with Gasteiger partial charge in [0.2, 0.25) is 21.8 Å². The largest absolute Gasteiger partial charge is 0.352 e. The van der Waals surface area contributed by atoms with E-state index in [4.69, 9.17) is 0 Å². The van der Waals surface area contributed by atoms with Crippen molar-refractivity contribution in [2.45, 2.75) is 58.7 Å². The molecule has 0 fully saturated rings. The fourth-order valence-corrected chi connectivity index (χ4v) is 4.44. The number of benzene rings is 2. The van der Waals surface area contributed by atoms with Crippen molar-refractivity contribution in [2.24, 2.45) is 0 Å². The first kappa shape index (κ1) is 29.2. The number of carbonyl (C=O) groups excluding carboxylic acids is 2. The Morgan fingerprint density at radius 1 is 1.00 bits per heavy atom. The number of sulfonamides is 1. The lowest BCUT2D eigenvalue weighted by molar-refractivity contribution is -0.140. The number of hydrogen-bond acceptors (Lipinski definition) is 4. The summed E-state index contributed by atoms with van der Waals surface area (Å²) in [6.07, 6.45) is 1.58. The molecule has 0 aliphatic heterocycles. The van der Waals surface area contributed by atoms with Gasteiger partial charge in [-0.3, -0.25) is 13.9 Å². The van der Waals surface area contributed by atoms with E-state index in [2.05, 4.69) is 5.32 Å². The molecule has 36 heavy (non-hydrogen) atoms. The van der Waals surface area contributed by atoms with E-state index in [0.29, 0.717) is 12.0 Å². The molecule has 0 heterocycles. The van der Waals surface area contributed by atoms with Gasteiger partial charge in [0.05, 0.1) is 11.9 Å². The molecule has 7 nitrogen and oxygen atoms in total. The van der Waals surface area contributed by atoms with Crippen molar-refractivity contribution in [3.05, 3.63) is 65.5 Å². The highest BCUT2D eigenvalue weighted by Gasteiger charge is 2.27. The molecule has 2 aromatic rings. The van der Waals surface area contributed by atoms with Crippen LogP contribution in [-0.4, -0.2) is 50.0 Å². The lowest BCUT2D eigenvalue weighted by atomic mass is 10.1. The fourth-order valence-electron chi connectivity index (χ4n) is 3.48. The van der Waals surface area contributed by atoms with E-state index in [1.54, 1.807) is 6.92 Å². The molecule has 11 heteroatoms. The fraction of sp³-hybridized carbons (Fsp3) is 0.440. The Kier molecular flexibility index (Phi) is 10.3. The van der Waals surface area contributed by atoms with Crippen LogP contribution in [0.2, 0.25) is 0 Å². The molecule has 2 rings (SSSR count). The summed E-state index contributed by atoms with van der Waals surface area (Å²) in [5.74, 6) is -3.49. The second kappa shape index (κ2) is 12.8. The Morgan fingerprint density at radius 2 is 1.64 bits per heavy atom. The maximum atomic E-state index is 13.7. The maximum absolute atomic E-state index is 13.7. The summed E-state index contributed by atoms with van der Waals surface area (Å²) in [5, 5.41) is 2.84. The summed E-state index contributed by atoms with van der Waals surface area (Å²) in [6.45, 7) is 5.23. The van der Waals surface area contributed by atoms with Crippen LogP contribution in [0.5, 0.6) is 0 Å². The van der Waals surface area contributed by atoms with Crippen molar-refractivity contribution in [1.82, 2.24) is 10.2 Å². The summed E-state index contributed by atoms with van der Waals surface area (Å²) in [5.41, 5.74) is 0.556. The molecule has 0 aliphatic carbocycles. The lowest BCUT2D eigenvalue weighted by Crippen LogP contribution is -2.49. The molecule has 0 spiro atoms. The summed E-state index contributed by atoms with van der Waals surface area (Å²) < 4.78 is 65.7. The van der Waals surface area contributed by atoms with E-state index >= 15 is 0 Å². The van der Waals surface area contributed by atoms with Crippen LogP contribution < -0.4 is 9.62 Å². The molecule has 198 valence electrons. The molecular weight excluding hydrogens is 495 g/mol. The Morgan fingerprint density at radius 3 is 2.19 bits per heavy atom. The zero-order valence-electron chi connectivity index (χ0n) is 20.8. The van der Waals surface area contributed by atoms with Gasteiger partial charge in [-0.25, -0.2) is 21.6 Å². The smallest absolute Gasteiger partial charge is 0.242 e. The van der Waals surface area contributed by atoms with Gasteiger partial charge in [-0.1, -0.05) is 19.1 Å². The monoisotopic (exact) mass is 527 g/mol. The van der Waals surface area contributed by atoms with E-state index in [1.165, 1.54) is 29.2 Å². The summed E-state index contributed by atoms with van der Waals surface area (Å²) in [6, 6.07) is 7.37. The first-order valence-electron chi connectivity index (χ1n) is 11.6. The highest BCUT2D eigenvalue weighted by molar-refractivity contribution is 7.92. The molecule has 0 unspecified atom stereocenters. The number of anilines is 1. The minimum absolute atomic E-state index is 0.0488. The highest BCUT2D eigenvalue weighted by atomic mass is 32.2. The first-order valence-corrected chi connectivity index (χ1v) is 13.4. The third-order valence-corrected chi connectivity index (χ3v) is 6.97. The highest BCUT2D eigenvalue weighted by Crippen LogP contribution is 2.21. The van der Waals surface area contributed by atoms with Gasteiger partial charge in [-0.2, -0.15) is 0 Å². The summed E-state index contributed by atoms with van der Waals surface area (Å²) in [7, 11) is -3.84. The van der Waals surface area contributed by atoms with Crippen molar-refractivity contribution in [2.75, 3.05) is 17.1 Å². The van der Waals surface area contributed by atoms with Gasteiger partial charge in [0.1, 0.15) is 11.9 Å². The molecule has 0 radical (unpaired) electrons. The lowest BCUT2D eigenvalue weighted by Gasteiger charge is -2.30. The molecule has 0 saturated carbocycles. The van der Waals surface area contributed by atoms with Crippen molar-refractivity contribution in [3.63, 3.8) is 0 Å². The van der Waals surface area contributed by atoms with Gasteiger partial charge in [0.15, 0.2) is 11.6 Å². The van der Waals surface area contributed by atoms with Crippen molar-refractivity contribution < 1.29 is 31.2 Å². The Labute approximate surface area is 210 Å².